The van der Waals surface area contributed by atoms with Crippen molar-refractivity contribution in [1.82, 2.24) is 15.0 Å². The van der Waals surface area contributed by atoms with Gasteiger partial charge in [0.25, 0.3) is 6.43 Å². The zero-order valence-electron chi connectivity index (χ0n) is 16.2. The standard InChI is InChI=1S/C21H14F6N4O/c22-12-4-5-15-14(10-12)18(30-19(32)29-15)31(11-16(23)24)17-3-1-2-13(28-17)6-7-20(8-9-20)21(25,26)27/h1-5,10,16H,8-9,11H2,(H,29,30,32). The molecule has 2 heterocycles. The minimum atomic E-state index is -4.47. The molecule has 1 N–H and O–H groups in total. The number of aromatic amines is 1. The average Bonchev–Trinajstić information content (AvgIpc) is 3.52. The van der Waals surface area contributed by atoms with Crippen LogP contribution in [0.25, 0.3) is 10.9 Å². The van der Waals surface area contributed by atoms with Crippen LogP contribution in [0.2, 0.25) is 0 Å². The lowest BCUT2D eigenvalue weighted by Gasteiger charge is -2.23. The van der Waals surface area contributed by atoms with Gasteiger partial charge < -0.3 is 9.88 Å². The quantitative estimate of drug-likeness (QED) is 0.466. The number of rotatable bonds is 4. The number of benzene rings is 1. The first-order chi connectivity index (χ1) is 15.1. The first kappa shape index (κ1) is 21.7. The summed E-state index contributed by atoms with van der Waals surface area (Å²) in [6, 6.07) is 7.41. The average molecular weight is 452 g/mol. The summed E-state index contributed by atoms with van der Waals surface area (Å²) in [4.78, 5) is 23.1. The number of nitrogens with one attached hydrogen (secondary N) is 1. The maximum absolute atomic E-state index is 13.8. The van der Waals surface area contributed by atoms with Crippen molar-refractivity contribution in [3.05, 3.63) is 58.4 Å². The zero-order chi connectivity index (χ0) is 23.1. The molecule has 32 heavy (non-hydrogen) atoms. The van der Waals surface area contributed by atoms with Crippen molar-refractivity contribution in [3.63, 3.8) is 0 Å². The highest BCUT2D eigenvalue weighted by atomic mass is 19.4. The second kappa shape index (κ2) is 7.85. The fourth-order valence-electron chi connectivity index (χ4n) is 3.17. The van der Waals surface area contributed by atoms with E-state index in [4.69, 9.17) is 0 Å². The zero-order valence-corrected chi connectivity index (χ0v) is 16.2. The van der Waals surface area contributed by atoms with Gasteiger partial charge in [0.1, 0.15) is 28.6 Å². The molecule has 0 amide bonds. The first-order valence-corrected chi connectivity index (χ1v) is 9.40. The van der Waals surface area contributed by atoms with E-state index in [9.17, 15) is 31.1 Å². The molecule has 0 bridgehead atoms. The molecule has 3 aromatic rings. The largest absolute Gasteiger partial charge is 0.405 e. The lowest BCUT2D eigenvalue weighted by atomic mass is 10.1. The van der Waals surface area contributed by atoms with Gasteiger partial charge in [-0.25, -0.2) is 22.9 Å². The highest BCUT2D eigenvalue weighted by Crippen LogP contribution is 2.57. The van der Waals surface area contributed by atoms with Crippen LogP contribution in [0.15, 0.2) is 41.2 Å². The molecule has 1 aliphatic rings. The van der Waals surface area contributed by atoms with Crippen molar-refractivity contribution in [3.8, 4) is 11.8 Å². The molecular formula is C21H14F6N4O. The Labute approximate surface area is 177 Å². The molecule has 11 heteroatoms. The smallest absolute Gasteiger partial charge is 0.305 e. The number of hydrogen-bond donors (Lipinski definition) is 1. The van der Waals surface area contributed by atoms with Gasteiger partial charge in [-0.1, -0.05) is 12.0 Å². The van der Waals surface area contributed by atoms with Gasteiger partial charge in [-0.3, -0.25) is 0 Å². The number of anilines is 2. The van der Waals surface area contributed by atoms with E-state index in [1.165, 1.54) is 24.3 Å². The fraction of sp³-hybridized carbons (Fsp3) is 0.286. The van der Waals surface area contributed by atoms with Gasteiger partial charge in [0.05, 0.1) is 12.1 Å². The second-order valence-corrected chi connectivity index (χ2v) is 7.27. The third-order valence-corrected chi connectivity index (χ3v) is 4.98. The molecule has 0 radical (unpaired) electrons. The Kier molecular flexibility index (Phi) is 5.32. The monoisotopic (exact) mass is 452 g/mol. The lowest BCUT2D eigenvalue weighted by Crippen LogP contribution is -2.28. The van der Waals surface area contributed by atoms with E-state index in [0.29, 0.717) is 0 Å². The predicted octanol–water partition coefficient (Wildman–Crippen LogP) is 4.55. The summed E-state index contributed by atoms with van der Waals surface area (Å²) in [7, 11) is 0. The van der Waals surface area contributed by atoms with Crippen molar-refractivity contribution >= 4 is 22.5 Å². The molecule has 4 rings (SSSR count). The maximum Gasteiger partial charge on any atom is 0.405 e. The van der Waals surface area contributed by atoms with Gasteiger partial charge in [0.2, 0.25) is 0 Å². The number of hydrogen-bond acceptors (Lipinski definition) is 4. The first-order valence-electron chi connectivity index (χ1n) is 9.40. The van der Waals surface area contributed by atoms with Crippen LogP contribution < -0.4 is 10.6 Å². The highest BCUT2D eigenvalue weighted by molar-refractivity contribution is 5.91. The summed E-state index contributed by atoms with van der Waals surface area (Å²) in [6.45, 7) is -0.946. The van der Waals surface area contributed by atoms with Gasteiger partial charge in [0.15, 0.2) is 0 Å². The van der Waals surface area contributed by atoms with Crippen LogP contribution in [0.3, 0.4) is 0 Å². The van der Waals surface area contributed by atoms with Crippen LogP contribution in [0.1, 0.15) is 18.5 Å². The van der Waals surface area contributed by atoms with Crippen molar-refractivity contribution < 1.29 is 26.3 Å². The molecule has 2 aromatic heterocycles. The van der Waals surface area contributed by atoms with Crippen LogP contribution in [0, 0.1) is 23.1 Å². The van der Waals surface area contributed by atoms with Gasteiger partial charge in [0, 0.05) is 5.39 Å². The van der Waals surface area contributed by atoms with Crippen LogP contribution in [0.4, 0.5) is 38.0 Å². The van der Waals surface area contributed by atoms with Gasteiger partial charge >= 0.3 is 11.9 Å². The third-order valence-electron chi connectivity index (χ3n) is 4.98. The van der Waals surface area contributed by atoms with Crippen molar-refractivity contribution in [2.24, 2.45) is 5.41 Å². The van der Waals surface area contributed by atoms with E-state index in [1.807, 2.05) is 0 Å². The molecule has 0 aliphatic heterocycles. The van der Waals surface area contributed by atoms with Crippen LogP contribution >= 0.6 is 0 Å². The molecule has 166 valence electrons. The minimum absolute atomic E-state index is 0.0533. The Hall–Kier alpha value is -3.55. The second-order valence-electron chi connectivity index (χ2n) is 7.27. The summed E-state index contributed by atoms with van der Waals surface area (Å²) in [5, 5.41) is 0.0533. The molecule has 1 saturated carbocycles. The predicted molar refractivity (Wildman–Crippen MR) is 104 cm³/mol. The number of fused-ring (bicyclic) bond motifs is 1. The molecule has 1 aromatic carbocycles. The Morgan fingerprint density at radius 3 is 2.56 bits per heavy atom. The summed E-state index contributed by atoms with van der Waals surface area (Å²) in [6.07, 6.45) is -7.60. The Balaban J connectivity index is 1.80. The number of alkyl halides is 5. The molecule has 0 spiro atoms. The van der Waals surface area contributed by atoms with Crippen LogP contribution in [0.5, 0.6) is 0 Å². The lowest BCUT2D eigenvalue weighted by molar-refractivity contribution is -0.168. The van der Waals surface area contributed by atoms with Crippen molar-refractivity contribution in [1.29, 1.82) is 0 Å². The van der Waals surface area contributed by atoms with E-state index >= 15 is 0 Å². The van der Waals surface area contributed by atoms with E-state index < -0.39 is 36.1 Å². The summed E-state index contributed by atoms with van der Waals surface area (Å²) >= 11 is 0. The number of pyridine rings is 1. The molecule has 1 fully saturated rings. The molecular weight excluding hydrogens is 438 g/mol. The molecule has 0 unspecified atom stereocenters. The van der Waals surface area contributed by atoms with E-state index in [1.54, 1.807) is 0 Å². The van der Waals surface area contributed by atoms with Crippen molar-refractivity contribution in [2.45, 2.75) is 25.4 Å². The third kappa shape index (κ3) is 4.26. The normalized spacial score (nSPS) is 14.8. The number of nitrogens with zero attached hydrogens (tertiary/aromatic N) is 3. The van der Waals surface area contributed by atoms with Crippen molar-refractivity contribution in [2.75, 3.05) is 11.4 Å². The van der Waals surface area contributed by atoms with Gasteiger partial charge in [-0.15, -0.1) is 0 Å². The number of halogens is 6. The van der Waals surface area contributed by atoms with E-state index in [0.717, 1.165) is 17.0 Å². The van der Waals surface area contributed by atoms with Gasteiger partial charge in [-0.2, -0.15) is 18.2 Å². The maximum atomic E-state index is 13.8. The molecule has 0 atom stereocenters. The minimum Gasteiger partial charge on any atom is -0.305 e. The molecule has 0 saturated heterocycles. The van der Waals surface area contributed by atoms with Crippen LogP contribution in [-0.2, 0) is 0 Å². The highest BCUT2D eigenvalue weighted by Gasteiger charge is 2.62. The summed E-state index contributed by atoms with van der Waals surface area (Å²) in [5.74, 6) is 3.49. The Morgan fingerprint density at radius 1 is 1.16 bits per heavy atom. The van der Waals surface area contributed by atoms with Gasteiger partial charge in [-0.05, 0) is 49.1 Å². The fourth-order valence-corrected chi connectivity index (χ4v) is 3.17. The number of H-pyrrole nitrogens is 1. The topological polar surface area (TPSA) is 61.9 Å². The molecule has 5 nitrogen and oxygen atoms in total. The Bertz CT molecular complexity index is 1290. The summed E-state index contributed by atoms with van der Waals surface area (Å²) in [5.41, 5.74) is -2.83. The number of aromatic nitrogens is 3. The molecule has 1 aliphatic carbocycles. The Morgan fingerprint density at radius 2 is 1.91 bits per heavy atom. The van der Waals surface area contributed by atoms with Crippen LogP contribution in [-0.4, -0.2) is 34.1 Å². The van der Waals surface area contributed by atoms with E-state index in [2.05, 4.69) is 26.8 Å². The summed E-state index contributed by atoms with van der Waals surface area (Å²) < 4.78 is 79.9. The van der Waals surface area contributed by atoms with E-state index in [-0.39, 0.29) is 41.1 Å². The SMILES string of the molecule is O=c1nc(N(CC(F)F)c2cccc(C#CC3(C(F)(F)F)CC3)n2)c2cc(F)ccc2[nH]1.